The molecule has 0 bridgehead atoms. The maximum Gasteiger partial charge on any atom is 0.332 e. The van der Waals surface area contributed by atoms with E-state index in [0.717, 1.165) is 11.0 Å². The van der Waals surface area contributed by atoms with E-state index in [1.807, 2.05) is 0 Å². The monoisotopic (exact) mass is 466 g/mol. The van der Waals surface area contributed by atoms with Gasteiger partial charge in [-0.15, -0.1) is 0 Å². The van der Waals surface area contributed by atoms with Gasteiger partial charge in [-0.05, 0) is 48.0 Å². The average Bonchev–Trinajstić information content (AvgIpc) is 3.43. The average molecular weight is 466 g/mol. The molecule has 0 radical (unpaired) electrons. The number of furan rings is 1. The van der Waals surface area contributed by atoms with Gasteiger partial charge in [0, 0.05) is 6.08 Å². The summed E-state index contributed by atoms with van der Waals surface area (Å²) >= 11 is 0. The number of ether oxygens (including phenoxy) is 1. The molecule has 33 heavy (non-hydrogen) atoms. The Morgan fingerprint density at radius 1 is 0.970 bits per heavy atom. The number of fused-ring (bicyclic) bond motifs is 1. The molecule has 2 heterocycles. The lowest BCUT2D eigenvalue weighted by molar-refractivity contribution is -0.140. The summed E-state index contributed by atoms with van der Waals surface area (Å²) in [7, 11) is -3.73. The standard InChI is InChI=1S/C23H18N2O7S/c26-21(32-15-25-22(27)19-5-1-2-6-20(19)23(25)28)12-9-16-7-10-18(11-8-16)33(29,30)24-14-17-4-3-13-31-17/h1-13,24H,14-15H2/b12-9+. The number of esters is 1. The van der Waals surface area contributed by atoms with Gasteiger partial charge in [0.25, 0.3) is 11.8 Å². The summed E-state index contributed by atoms with van der Waals surface area (Å²) in [5.41, 5.74) is 1.09. The molecule has 0 spiro atoms. The fourth-order valence-electron chi connectivity index (χ4n) is 3.12. The van der Waals surface area contributed by atoms with Crippen LogP contribution in [0.4, 0.5) is 0 Å². The van der Waals surface area contributed by atoms with Gasteiger partial charge in [0.2, 0.25) is 10.0 Å². The summed E-state index contributed by atoms with van der Waals surface area (Å²) in [6, 6.07) is 15.5. The molecule has 0 saturated heterocycles. The number of carbonyl (C=O) groups excluding carboxylic acids is 3. The third-order valence-electron chi connectivity index (χ3n) is 4.83. The molecule has 1 N–H and O–H groups in total. The SMILES string of the molecule is O=C(/C=C/c1ccc(S(=O)(=O)NCc2ccco2)cc1)OCN1C(=O)c2ccccc2C1=O. The molecule has 1 aliphatic rings. The second-order valence-electron chi connectivity index (χ2n) is 6.98. The summed E-state index contributed by atoms with van der Waals surface area (Å²) in [6.45, 7) is -0.482. The Morgan fingerprint density at radius 3 is 2.24 bits per heavy atom. The second-order valence-corrected chi connectivity index (χ2v) is 8.75. The fraction of sp³-hybridized carbons (Fsp3) is 0.0870. The minimum Gasteiger partial charge on any atom is -0.468 e. The largest absolute Gasteiger partial charge is 0.468 e. The predicted octanol–water partition coefficient (Wildman–Crippen LogP) is 2.57. The molecule has 0 aliphatic carbocycles. The summed E-state index contributed by atoms with van der Waals surface area (Å²) < 4.78 is 37.2. The lowest BCUT2D eigenvalue weighted by Gasteiger charge is -2.12. The molecule has 0 fully saturated rings. The number of nitrogens with zero attached hydrogens (tertiary/aromatic N) is 1. The Kier molecular flexibility index (Phi) is 6.20. The molecule has 3 aromatic rings. The first-order valence-electron chi connectivity index (χ1n) is 9.77. The number of rotatable bonds is 8. The zero-order chi connectivity index (χ0) is 23.4. The van der Waals surface area contributed by atoms with Gasteiger partial charge < -0.3 is 9.15 Å². The number of hydrogen-bond acceptors (Lipinski definition) is 7. The number of benzene rings is 2. The first-order chi connectivity index (χ1) is 15.8. The van der Waals surface area contributed by atoms with E-state index in [0.29, 0.717) is 11.3 Å². The Hall–Kier alpha value is -4.02. The molecule has 1 aromatic heterocycles. The number of carbonyl (C=O) groups is 3. The van der Waals surface area contributed by atoms with Crippen molar-refractivity contribution in [1.29, 1.82) is 0 Å². The Balaban J connectivity index is 1.31. The number of amides is 2. The molecule has 0 saturated carbocycles. The number of nitrogens with one attached hydrogen (secondary N) is 1. The Labute approximate surface area is 189 Å². The van der Waals surface area contributed by atoms with Gasteiger partial charge in [0.05, 0.1) is 28.8 Å². The van der Waals surface area contributed by atoms with Crippen LogP contribution in [0.25, 0.3) is 6.08 Å². The van der Waals surface area contributed by atoms with Crippen molar-refractivity contribution in [1.82, 2.24) is 9.62 Å². The fourth-order valence-corrected chi connectivity index (χ4v) is 4.11. The van der Waals surface area contributed by atoms with Crippen molar-refractivity contribution in [3.05, 3.63) is 95.5 Å². The Morgan fingerprint density at radius 2 is 1.64 bits per heavy atom. The number of hydrogen-bond donors (Lipinski definition) is 1. The van der Waals surface area contributed by atoms with E-state index in [4.69, 9.17) is 9.15 Å². The topological polar surface area (TPSA) is 123 Å². The third kappa shape index (κ3) is 4.92. The predicted molar refractivity (Wildman–Crippen MR) is 116 cm³/mol. The van der Waals surface area contributed by atoms with Crippen LogP contribution < -0.4 is 4.72 Å². The highest BCUT2D eigenvalue weighted by atomic mass is 32.2. The van der Waals surface area contributed by atoms with E-state index in [9.17, 15) is 22.8 Å². The molecular formula is C23H18N2O7S. The van der Waals surface area contributed by atoms with Crippen LogP contribution in [-0.2, 0) is 26.1 Å². The summed E-state index contributed by atoms with van der Waals surface area (Å²) in [5, 5.41) is 0. The van der Waals surface area contributed by atoms with Crippen molar-refractivity contribution >= 4 is 33.9 Å². The first kappa shape index (κ1) is 22.2. The quantitative estimate of drug-likeness (QED) is 0.307. The number of imide groups is 1. The first-order valence-corrected chi connectivity index (χ1v) is 11.3. The lowest BCUT2D eigenvalue weighted by Crippen LogP contribution is -2.32. The minimum atomic E-state index is -3.73. The molecule has 168 valence electrons. The van der Waals surface area contributed by atoms with Crippen molar-refractivity contribution in [2.24, 2.45) is 0 Å². The van der Waals surface area contributed by atoms with Crippen molar-refractivity contribution in [2.45, 2.75) is 11.4 Å². The van der Waals surface area contributed by atoms with Gasteiger partial charge >= 0.3 is 5.97 Å². The van der Waals surface area contributed by atoms with Crippen LogP contribution in [0.3, 0.4) is 0 Å². The van der Waals surface area contributed by atoms with E-state index in [-0.39, 0.29) is 22.6 Å². The summed E-state index contributed by atoms with van der Waals surface area (Å²) in [5.74, 6) is -1.32. The van der Waals surface area contributed by atoms with Crippen LogP contribution >= 0.6 is 0 Å². The Bertz CT molecular complexity index is 1290. The van der Waals surface area contributed by atoms with E-state index >= 15 is 0 Å². The minimum absolute atomic E-state index is 0.0237. The van der Waals surface area contributed by atoms with E-state index in [1.165, 1.54) is 48.7 Å². The van der Waals surface area contributed by atoms with Gasteiger partial charge in [-0.3, -0.25) is 9.59 Å². The molecule has 0 unspecified atom stereocenters. The van der Waals surface area contributed by atoms with Gasteiger partial charge in [-0.2, -0.15) is 0 Å². The summed E-state index contributed by atoms with van der Waals surface area (Å²) in [4.78, 5) is 37.4. The van der Waals surface area contributed by atoms with Gasteiger partial charge in [-0.25, -0.2) is 22.8 Å². The molecular weight excluding hydrogens is 448 g/mol. The van der Waals surface area contributed by atoms with Gasteiger partial charge in [-0.1, -0.05) is 24.3 Å². The van der Waals surface area contributed by atoms with Crippen molar-refractivity contribution < 1.29 is 32.0 Å². The van der Waals surface area contributed by atoms with Crippen LogP contribution in [0.5, 0.6) is 0 Å². The van der Waals surface area contributed by atoms with E-state index < -0.39 is 34.5 Å². The highest BCUT2D eigenvalue weighted by molar-refractivity contribution is 7.89. The van der Waals surface area contributed by atoms with Crippen molar-refractivity contribution in [3.8, 4) is 0 Å². The summed E-state index contributed by atoms with van der Waals surface area (Å²) in [6.07, 6.45) is 4.00. The van der Waals surface area contributed by atoms with Crippen LogP contribution in [0, 0.1) is 0 Å². The van der Waals surface area contributed by atoms with E-state index in [2.05, 4.69) is 4.72 Å². The third-order valence-corrected chi connectivity index (χ3v) is 6.25. The van der Waals surface area contributed by atoms with Gasteiger partial charge in [0.1, 0.15) is 5.76 Å². The van der Waals surface area contributed by atoms with Crippen molar-refractivity contribution in [3.63, 3.8) is 0 Å². The molecule has 0 atom stereocenters. The number of sulfonamides is 1. The molecule has 10 heteroatoms. The molecule has 4 rings (SSSR count). The van der Waals surface area contributed by atoms with Crippen LogP contribution in [0.1, 0.15) is 32.0 Å². The van der Waals surface area contributed by atoms with Crippen LogP contribution in [-0.4, -0.2) is 37.8 Å². The smallest absolute Gasteiger partial charge is 0.332 e. The lowest BCUT2D eigenvalue weighted by atomic mass is 10.1. The molecule has 2 amide bonds. The molecule has 2 aromatic carbocycles. The zero-order valence-corrected chi connectivity index (χ0v) is 17.9. The maximum atomic E-state index is 12.3. The molecule has 9 nitrogen and oxygen atoms in total. The normalized spacial score (nSPS) is 13.5. The van der Waals surface area contributed by atoms with Crippen LogP contribution in [0.2, 0.25) is 0 Å². The highest BCUT2D eigenvalue weighted by Gasteiger charge is 2.35. The zero-order valence-electron chi connectivity index (χ0n) is 17.1. The molecule has 1 aliphatic heterocycles. The highest BCUT2D eigenvalue weighted by Crippen LogP contribution is 2.22. The van der Waals surface area contributed by atoms with Crippen molar-refractivity contribution in [2.75, 3.05) is 6.73 Å². The maximum absolute atomic E-state index is 12.3. The second kappa shape index (κ2) is 9.23. The van der Waals surface area contributed by atoms with E-state index in [1.54, 1.807) is 24.3 Å². The van der Waals surface area contributed by atoms with Gasteiger partial charge in [0.15, 0.2) is 6.73 Å². The van der Waals surface area contributed by atoms with Crippen LogP contribution in [0.15, 0.2) is 82.3 Å².